The number of likely N-dealkylation sites (N-methyl/N-ethyl adjacent to an activating group) is 1. The van der Waals surface area contributed by atoms with Gasteiger partial charge >= 0.3 is 0 Å². The lowest BCUT2D eigenvalue weighted by Gasteiger charge is -2.21. The Kier molecular flexibility index (Phi) is 6.27. The molecule has 3 N–H and O–H groups in total. The molecule has 0 aromatic heterocycles. The first-order chi connectivity index (χ1) is 9.49. The summed E-state index contributed by atoms with van der Waals surface area (Å²) >= 11 is 0. The molecule has 0 aliphatic heterocycles. The van der Waals surface area contributed by atoms with Crippen molar-refractivity contribution in [3.63, 3.8) is 0 Å². The number of phenolic OH excluding ortho intramolecular Hbond substituents is 1. The minimum atomic E-state index is -0.570. The van der Waals surface area contributed by atoms with Gasteiger partial charge in [-0.15, -0.1) is 0 Å². The topological polar surface area (TPSA) is 85.0 Å². The first kappa shape index (κ1) is 16.3. The Morgan fingerprint density at radius 3 is 2.75 bits per heavy atom. The molecule has 1 aromatic rings. The maximum atomic E-state index is 12.0. The van der Waals surface area contributed by atoms with Crippen molar-refractivity contribution in [1.29, 1.82) is 0 Å². The fraction of sp³-hybridized carbons (Fsp3) is 0.500. The molecule has 1 amide bonds. The molecule has 0 fully saturated rings. The van der Waals surface area contributed by atoms with Crippen LogP contribution in [0.2, 0.25) is 0 Å². The molecule has 0 heterocycles. The van der Waals surface area contributed by atoms with Crippen LogP contribution in [0.25, 0.3) is 0 Å². The molecule has 6 heteroatoms. The van der Waals surface area contributed by atoms with Crippen molar-refractivity contribution in [2.24, 2.45) is 5.73 Å². The van der Waals surface area contributed by atoms with Crippen molar-refractivity contribution in [2.75, 3.05) is 27.9 Å². The number of aromatic hydroxyl groups is 1. The van der Waals surface area contributed by atoms with Crippen molar-refractivity contribution >= 4 is 5.91 Å². The molecule has 1 unspecified atom stereocenters. The average molecular weight is 282 g/mol. The third kappa shape index (κ3) is 4.40. The van der Waals surface area contributed by atoms with Crippen molar-refractivity contribution in [2.45, 2.75) is 19.0 Å². The van der Waals surface area contributed by atoms with Gasteiger partial charge in [-0.05, 0) is 24.1 Å². The monoisotopic (exact) mass is 282 g/mol. The number of carbonyl (C=O) groups is 1. The average Bonchev–Trinajstić information content (AvgIpc) is 2.45. The van der Waals surface area contributed by atoms with E-state index in [1.165, 1.54) is 13.2 Å². The SMILES string of the molecule is COCCC(N)C(=O)N(C)Cc1ccc(O)c(OC)c1. The van der Waals surface area contributed by atoms with Crippen molar-refractivity contribution < 1.29 is 19.4 Å². The number of amides is 1. The van der Waals surface area contributed by atoms with Gasteiger partial charge in [0.1, 0.15) is 0 Å². The highest BCUT2D eigenvalue weighted by molar-refractivity contribution is 5.81. The number of rotatable bonds is 7. The highest BCUT2D eigenvalue weighted by atomic mass is 16.5. The number of methoxy groups -OCH3 is 2. The van der Waals surface area contributed by atoms with E-state index in [0.717, 1.165) is 5.56 Å². The van der Waals surface area contributed by atoms with E-state index in [9.17, 15) is 9.90 Å². The van der Waals surface area contributed by atoms with Crippen LogP contribution in [0.15, 0.2) is 18.2 Å². The van der Waals surface area contributed by atoms with Crippen LogP contribution in [0.5, 0.6) is 11.5 Å². The van der Waals surface area contributed by atoms with E-state index in [4.69, 9.17) is 15.2 Å². The Labute approximate surface area is 119 Å². The molecule has 1 aromatic carbocycles. The lowest BCUT2D eigenvalue weighted by Crippen LogP contribution is -2.42. The Balaban J connectivity index is 2.65. The van der Waals surface area contributed by atoms with Gasteiger partial charge in [0.05, 0.1) is 13.2 Å². The Morgan fingerprint density at radius 1 is 1.45 bits per heavy atom. The van der Waals surface area contributed by atoms with Crippen LogP contribution in [0, 0.1) is 0 Å². The van der Waals surface area contributed by atoms with Crippen LogP contribution >= 0.6 is 0 Å². The molecule has 1 rings (SSSR count). The van der Waals surface area contributed by atoms with Gasteiger partial charge in [0, 0.05) is 27.3 Å². The first-order valence-electron chi connectivity index (χ1n) is 6.35. The van der Waals surface area contributed by atoms with E-state index >= 15 is 0 Å². The third-order valence-corrected chi connectivity index (χ3v) is 2.99. The summed E-state index contributed by atoms with van der Waals surface area (Å²) < 4.78 is 9.94. The Hall–Kier alpha value is -1.79. The summed E-state index contributed by atoms with van der Waals surface area (Å²) in [5.41, 5.74) is 6.66. The van der Waals surface area contributed by atoms with Gasteiger partial charge in [-0.25, -0.2) is 0 Å². The van der Waals surface area contributed by atoms with E-state index < -0.39 is 6.04 Å². The quantitative estimate of drug-likeness (QED) is 0.770. The van der Waals surface area contributed by atoms with Crippen LogP contribution in [0.4, 0.5) is 0 Å². The standard InChI is InChI=1S/C14H22N2O4/c1-16(14(18)11(15)6-7-19-2)9-10-4-5-12(17)13(8-10)20-3/h4-5,8,11,17H,6-7,9,15H2,1-3H3. The molecule has 112 valence electrons. The number of phenols is 1. The third-order valence-electron chi connectivity index (χ3n) is 2.99. The van der Waals surface area contributed by atoms with Gasteiger partial charge in [0.25, 0.3) is 0 Å². The molecule has 0 bridgehead atoms. The van der Waals surface area contributed by atoms with Crippen molar-refractivity contribution in [1.82, 2.24) is 4.90 Å². The number of hydrogen-bond acceptors (Lipinski definition) is 5. The number of carbonyl (C=O) groups excluding carboxylic acids is 1. The first-order valence-corrected chi connectivity index (χ1v) is 6.35. The predicted octanol–water partition coefficient (Wildman–Crippen LogP) is 0.723. The summed E-state index contributed by atoms with van der Waals surface area (Å²) in [6, 6.07) is 4.40. The lowest BCUT2D eigenvalue weighted by molar-refractivity contribution is -0.132. The minimum absolute atomic E-state index is 0.0713. The summed E-state index contributed by atoms with van der Waals surface area (Å²) in [6.45, 7) is 0.851. The largest absolute Gasteiger partial charge is 0.504 e. The molecular weight excluding hydrogens is 260 g/mol. The maximum absolute atomic E-state index is 12.0. The van der Waals surface area contributed by atoms with Crippen LogP contribution in [-0.4, -0.2) is 49.8 Å². The van der Waals surface area contributed by atoms with E-state index in [2.05, 4.69) is 0 Å². The molecule has 1 atom stereocenters. The molecule has 0 aliphatic carbocycles. The zero-order valence-electron chi connectivity index (χ0n) is 12.1. The molecule has 20 heavy (non-hydrogen) atoms. The second-order valence-electron chi connectivity index (χ2n) is 4.59. The molecule has 0 spiro atoms. The van der Waals surface area contributed by atoms with E-state index in [0.29, 0.717) is 25.3 Å². The smallest absolute Gasteiger partial charge is 0.239 e. The van der Waals surface area contributed by atoms with Crippen LogP contribution in [-0.2, 0) is 16.1 Å². The number of hydrogen-bond donors (Lipinski definition) is 2. The second-order valence-corrected chi connectivity index (χ2v) is 4.59. The van der Waals surface area contributed by atoms with E-state index in [1.807, 2.05) is 0 Å². The van der Waals surface area contributed by atoms with Crippen LogP contribution in [0.1, 0.15) is 12.0 Å². The number of benzene rings is 1. The summed E-state index contributed by atoms with van der Waals surface area (Å²) in [5.74, 6) is 0.308. The van der Waals surface area contributed by atoms with Crippen molar-refractivity contribution in [3.8, 4) is 11.5 Å². The van der Waals surface area contributed by atoms with Crippen LogP contribution in [0.3, 0.4) is 0 Å². The normalized spacial score (nSPS) is 12.0. The highest BCUT2D eigenvalue weighted by Gasteiger charge is 2.18. The number of ether oxygens (including phenoxy) is 2. The molecule has 0 radical (unpaired) electrons. The van der Waals surface area contributed by atoms with Crippen LogP contribution < -0.4 is 10.5 Å². The molecule has 6 nitrogen and oxygen atoms in total. The maximum Gasteiger partial charge on any atom is 0.239 e. The zero-order valence-corrected chi connectivity index (χ0v) is 12.1. The van der Waals surface area contributed by atoms with E-state index in [1.54, 1.807) is 31.2 Å². The fourth-order valence-corrected chi connectivity index (χ4v) is 1.82. The molecular formula is C14H22N2O4. The second kappa shape index (κ2) is 7.72. The van der Waals surface area contributed by atoms with Gasteiger partial charge in [0.15, 0.2) is 11.5 Å². The minimum Gasteiger partial charge on any atom is -0.504 e. The highest BCUT2D eigenvalue weighted by Crippen LogP contribution is 2.26. The van der Waals surface area contributed by atoms with Gasteiger partial charge in [-0.3, -0.25) is 4.79 Å². The number of nitrogens with zero attached hydrogens (tertiary/aromatic N) is 1. The van der Waals surface area contributed by atoms with Gasteiger partial charge in [0.2, 0.25) is 5.91 Å². The summed E-state index contributed by atoms with van der Waals surface area (Å²) in [6.07, 6.45) is 0.485. The summed E-state index contributed by atoms with van der Waals surface area (Å²) in [4.78, 5) is 13.6. The zero-order chi connectivity index (χ0) is 15.1. The Morgan fingerprint density at radius 2 is 2.15 bits per heavy atom. The van der Waals surface area contributed by atoms with Crippen molar-refractivity contribution in [3.05, 3.63) is 23.8 Å². The predicted molar refractivity (Wildman–Crippen MR) is 75.6 cm³/mol. The van der Waals surface area contributed by atoms with Gasteiger partial charge < -0.3 is 25.2 Å². The fourth-order valence-electron chi connectivity index (χ4n) is 1.82. The van der Waals surface area contributed by atoms with Gasteiger partial charge in [-0.1, -0.05) is 6.07 Å². The van der Waals surface area contributed by atoms with Gasteiger partial charge in [-0.2, -0.15) is 0 Å². The summed E-state index contributed by atoms with van der Waals surface area (Å²) in [5, 5.41) is 9.52. The molecule has 0 saturated heterocycles. The summed E-state index contributed by atoms with van der Waals surface area (Å²) in [7, 11) is 4.74. The lowest BCUT2D eigenvalue weighted by atomic mass is 10.1. The Bertz CT molecular complexity index is 451. The van der Waals surface area contributed by atoms with E-state index in [-0.39, 0.29) is 11.7 Å². The molecule has 0 aliphatic rings. The number of nitrogens with two attached hydrogens (primary N) is 1. The molecule has 0 saturated carbocycles.